The van der Waals surface area contributed by atoms with Gasteiger partial charge in [0.25, 0.3) is 5.24 Å². The number of hydrogen-bond donors (Lipinski definition) is 1. The number of carbonyl (C=O) groups excluding carboxylic acids is 1. The van der Waals surface area contributed by atoms with Gasteiger partial charge in [0.1, 0.15) is 0 Å². The van der Waals surface area contributed by atoms with Gasteiger partial charge >= 0.3 is 0 Å². The van der Waals surface area contributed by atoms with Crippen LogP contribution in [0.15, 0.2) is 48.5 Å². The van der Waals surface area contributed by atoms with Crippen molar-refractivity contribution in [3.05, 3.63) is 64.1 Å². The van der Waals surface area contributed by atoms with Gasteiger partial charge in [0.05, 0.1) is 0 Å². The highest BCUT2D eigenvalue weighted by molar-refractivity contribution is 8.13. The van der Waals surface area contributed by atoms with E-state index in [1.807, 2.05) is 30.3 Å². The molecule has 0 aliphatic rings. The van der Waals surface area contributed by atoms with E-state index in [1.165, 1.54) is 0 Å². The topological polar surface area (TPSA) is 29.1 Å². The molecule has 2 aromatic rings. The molecule has 0 aliphatic heterocycles. The number of carbonyl (C=O) groups is 1. The van der Waals surface area contributed by atoms with Gasteiger partial charge in [-0.05, 0) is 29.8 Å². The fourth-order valence-corrected chi connectivity index (χ4v) is 2.95. The highest BCUT2D eigenvalue weighted by Crippen LogP contribution is 2.28. The van der Waals surface area contributed by atoms with Crippen LogP contribution in [0.2, 0.25) is 10.0 Å². The molecule has 0 radical (unpaired) electrons. The first-order valence-electron chi connectivity index (χ1n) is 5.58. The quantitative estimate of drug-likeness (QED) is 0.815. The van der Waals surface area contributed by atoms with Crippen molar-refractivity contribution in [2.45, 2.75) is 5.75 Å². The SMILES string of the molecule is O=C(Nc1ccccc1)SCc1c(Cl)cccc1Cl. The Labute approximate surface area is 126 Å². The average molecular weight is 312 g/mol. The number of anilines is 1. The van der Waals surface area contributed by atoms with Crippen molar-refractivity contribution < 1.29 is 4.79 Å². The number of halogens is 2. The number of para-hydroxylation sites is 1. The summed E-state index contributed by atoms with van der Waals surface area (Å²) in [6.45, 7) is 0. The molecule has 19 heavy (non-hydrogen) atoms. The Morgan fingerprint density at radius 1 is 1.00 bits per heavy atom. The molecule has 0 saturated carbocycles. The van der Waals surface area contributed by atoms with Gasteiger partial charge < -0.3 is 5.32 Å². The summed E-state index contributed by atoms with van der Waals surface area (Å²) >= 11 is 13.2. The van der Waals surface area contributed by atoms with Crippen LogP contribution < -0.4 is 5.32 Å². The molecule has 0 atom stereocenters. The van der Waals surface area contributed by atoms with Crippen LogP contribution in [-0.4, -0.2) is 5.24 Å². The molecule has 2 nitrogen and oxygen atoms in total. The summed E-state index contributed by atoms with van der Waals surface area (Å²) in [5.74, 6) is 0.442. The summed E-state index contributed by atoms with van der Waals surface area (Å²) in [7, 11) is 0. The van der Waals surface area contributed by atoms with E-state index in [2.05, 4.69) is 5.32 Å². The highest BCUT2D eigenvalue weighted by atomic mass is 35.5. The number of benzene rings is 2. The lowest BCUT2D eigenvalue weighted by molar-refractivity contribution is 0.269. The Bertz CT molecular complexity index is 555. The fraction of sp³-hybridized carbons (Fsp3) is 0.0714. The molecule has 1 N–H and O–H groups in total. The third kappa shape index (κ3) is 4.16. The summed E-state index contributed by atoms with van der Waals surface area (Å²) in [6, 6.07) is 14.6. The summed E-state index contributed by atoms with van der Waals surface area (Å²) < 4.78 is 0. The molecular formula is C14H11Cl2NOS. The van der Waals surface area contributed by atoms with Gasteiger partial charge in [0, 0.05) is 21.5 Å². The summed E-state index contributed by atoms with van der Waals surface area (Å²) in [6.07, 6.45) is 0. The molecule has 0 aliphatic carbocycles. The molecular weight excluding hydrogens is 301 g/mol. The summed E-state index contributed by atoms with van der Waals surface area (Å²) in [4.78, 5) is 11.8. The highest BCUT2D eigenvalue weighted by Gasteiger charge is 2.09. The minimum absolute atomic E-state index is 0.137. The minimum Gasteiger partial charge on any atom is -0.317 e. The van der Waals surface area contributed by atoms with Crippen molar-refractivity contribution in [1.82, 2.24) is 0 Å². The van der Waals surface area contributed by atoms with E-state index in [4.69, 9.17) is 23.2 Å². The zero-order valence-corrected chi connectivity index (χ0v) is 12.2. The van der Waals surface area contributed by atoms with Crippen molar-refractivity contribution in [1.29, 1.82) is 0 Å². The van der Waals surface area contributed by atoms with Gasteiger partial charge in [-0.3, -0.25) is 4.79 Å². The number of rotatable bonds is 3. The molecule has 98 valence electrons. The van der Waals surface area contributed by atoms with Gasteiger partial charge in [-0.1, -0.05) is 59.2 Å². The summed E-state index contributed by atoms with van der Waals surface area (Å²) in [5, 5.41) is 3.80. The zero-order valence-electron chi connectivity index (χ0n) is 9.90. The normalized spacial score (nSPS) is 10.2. The molecule has 0 heterocycles. The maximum absolute atomic E-state index is 11.8. The summed E-state index contributed by atoms with van der Waals surface area (Å²) in [5.41, 5.74) is 1.55. The van der Waals surface area contributed by atoms with Crippen LogP contribution in [0.1, 0.15) is 5.56 Å². The Hall–Kier alpha value is -1.16. The van der Waals surface area contributed by atoms with Crippen LogP contribution in [0.5, 0.6) is 0 Å². The maximum atomic E-state index is 11.8. The molecule has 1 amide bonds. The smallest absolute Gasteiger partial charge is 0.283 e. The van der Waals surface area contributed by atoms with Gasteiger partial charge in [-0.15, -0.1) is 0 Å². The van der Waals surface area contributed by atoms with E-state index in [0.717, 1.165) is 23.0 Å². The van der Waals surface area contributed by atoms with Gasteiger partial charge in [0.15, 0.2) is 0 Å². The van der Waals surface area contributed by atoms with E-state index in [9.17, 15) is 4.79 Å². The second-order valence-electron chi connectivity index (χ2n) is 3.77. The zero-order chi connectivity index (χ0) is 13.7. The van der Waals surface area contributed by atoms with Gasteiger partial charge in [0.2, 0.25) is 0 Å². The predicted molar refractivity (Wildman–Crippen MR) is 83.2 cm³/mol. The van der Waals surface area contributed by atoms with E-state index in [-0.39, 0.29) is 5.24 Å². The molecule has 2 rings (SSSR count). The second kappa shape index (κ2) is 6.85. The minimum atomic E-state index is -0.137. The predicted octanol–water partition coefficient (Wildman–Crippen LogP) is 5.46. The van der Waals surface area contributed by atoms with E-state index in [0.29, 0.717) is 15.8 Å². The Kier molecular flexibility index (Phi) is 5.14. The van der Waals surface area contributed by atoms with E-state index >= 15 is 0 Å². The molecule has 0 fully saturated rings. The molecule has 5 heteroatoms. The molecule has 0 saturated heterocycles. The Morgan fingerprint density at radius 3 is 2.26 bits per heavy atom. The van der Waals surface area contributed by atoms with Crippen molar-refractivity contribution >= 4 is 45.9 Å². The van der Waals surface area contributed by atoms with Gasteiger partial charge in [-0.2, -0.15) is 0 Å². The van der Waals surface area contributed by atoms with Crippen LogP contribution in [0, 0.1) is 0 Å². The molecule has 0 bridgehead atoms. The molecule has 0 unspecified atom stereocenters. The average Bonchev–Trinajstić information content (AvgIpc) is 2.39. The number of nitrogens with one attached hydrogen (secondary N) is 1. The number of hydrogen-bond acceptors (Lipinski definition) is 2. The van der Waals surface area contributed by atoms with Crippen LogP contribution in [0.4, 0.5) is 10.5 Å². The lowest BCUT2D eigenvalue weighted by atomic mass is 10.2. The van der Waals surface area contributed by atoms with Crippen LogP contribution >= 0.6 is 35.0 Å². The van der Waals surface area contributed by atoms with Crippen LogP contribution in [-0.2, 0) is 5.75 Å². The van der Waals surface area contributed by atoms with Crippen molar-refractivity contribution in [2.75, 3.05) is 5.32 Å². The Balaban J connectivity index is 1.94. The van der Waals surface area contributed by atoms with Crippen molar-refractivity contribution in [3.63, 3.8) is 0 Å². The van der Waals surface area contributed by atoms with Crippen molar-refractivity contribution in [3.8, 4) is 0 Å². The molecule has 0 aromatic heterocycles. The van der Waals surface area contributed by atoms with E-state index in [1.54, 1.807) is 18.2 Å². The lowest BCUT2D eigenvalue weighted by Gasteiger charge is -2.07. The van der Waals surface area contributed by atoms with Crippen molar-refractivity contribution in [2.24, 2.45) is 0 Å². The number of thioether (sulfide) groups is 1. The molecule has 2 aromatic carbocycles. The maximum Gasteiger partial charge on any atom is 0.283 e. The fourth-order valence-electron chi connectivity index (χ4n) is 1.48. The third-order valence-corrected chi connectivity index (χ3v) is 3.93. The van der Waals surface area contributed by atoms with Crippen LogP contribution in [0.3, 0.4) is 0 Å². The van der Waals surface area contributed by atoms with Crippen LogP contribution in [0.25, 0.3) is 0 Å². The first kappa shape index (κ1) is 14.3. The second-order valence-corrected chi connectivity index (χ2v) is 5.53. The first-order valence-corrected chi connectivity index (χ1v) is 7.32. The Morgan fingerprint density at radius 2 is 1.63 bits per heavy atom. The lowest BCUT2D eigenvalue weighted by Crippen LogP contribution is -2.05. The van der Waals surface area contributed by atoms with Gasteiger partial charge in [-0.25, -0.2) is 0 Å². The van der Waals surface area contributed by atoms with E-state index < -0.39 is 0 Å². The third-order valence-electron chi connectivity index (χ3n) is 2.43. The largest absolute Gasteiger partial charge is 0.317 e. The number of amides is 1. The molecule has 0 spiro atoms. The first-order chi connectivity index (χ1) is 9.16. The monoisotopic (exact) mass is 311 g/mol. The standard InChI is InChI=1S/C14H11Cl2NOS/c15-12-7-4-8-13(16)11(12)9-19-14(18)17-10-5-2-1-3-6-10/h1-8H,9H2,(H,17,18).